The summed E-state index contributed by atoms with van der Waals surface area (Å²) in [7, 11) is 14.0. The number of rotatable bonds is 26. The van der Waals surface area contributed by atoms with Gasteiger partial charge in [0.15, 0.2) is 92.5 Å². The van der Waals surface area contributed by atoms with E-state index in [0.29, 0.717) is 125 Å². The van der Waals surface area contributed by atoms with Gasteiger partial charge in [-0.25, -0.2) is 35.1 Å². The third-order valence-electron chi connectivity index (χ3n) is 23.6. The molecule has 0 aliphatic heterocycles. The van der Waals surface area contributed by atoms with Gasteiger partial charge in [-0.15, -0.1) is 0 Å². The molecule has 4 aliphatic carbocycles. The number of aryl methyl sites for hydroxylation is 2. The zero-order valence-electron chi connectivity index (χ0n) is 74.8. The molecule has 12 aromatic rings. The summed E-state index contributed by atoms with van der Waals surface area (Å²) < 4.78 is 206. The molecule has 0 bridgehead atoms. The average molecular weight is 1870 g/mol. The van der Waals surface area contributed by atoms with E-state index in [9.17, 15) is 49.9 Å². The smallest absolute Gasteiger partial charge is 0.408 e. The number of benzene rings is 4. The van der Waals surface area contributed by atoms with Gasteiger partial charge in [-0.05, 0) is 139 Å². The summed E-state index contributed by atoms with van der Waals surface area (Å²) in [6.45, 7) is 16.3. The maximum absolute atomic E-state index is 15.1. The normalized spacial score (nSPS) is 15.3. The molecule has 4 aromatic carbocycles. The molecule has 0 radical (unpaired) electrons. The largest absolute Gasteiger partial charge is 0.494 e. The predicted octanol–water partition coefficient (Wildman–Crippen LogP) is 16.1. The third-order valence-corrected chi connectivity index (χ3v) is 23.6. The van der Waals surface area contributed by atoms with Crippen molar-refractivity contribution < 1.29 is 105 Å². The molecule has 16 rings (SSSR count). The van der Waals surface area contributed by atoms with Crippen LogP contribution in [-0.2, 0) is 91.2 Å². The third kappa shape index (κ3) is 19.3. The number of ether oxygens (including phenoxy) is 8. The van der Waals surface area contributed by atoms with E-state index in [-0.39, 0.29) is 128 Å². The van der Waals surface area contributed by atoms with Crippen molar-refractivity contribution in [1.82, 2.24) is 79.9 Å². The fourth-order valence-electron chi connectivity index (χ4n) is 17.3. The lowest BCUT2D eigenvalue weighted by Gasteiger charge is -2.25. The Hall–Kier alpha value is -15.0. The van der Waals surface area contributed by atoms with E-state index in [1.807, 2.05) is 13.8 Å². The molecule has 32 nitrogen and oxygen atoms in total. The molecule has 8 N–H and O–H groups in total. The molecule has 8 heterocycles. The molecule has 8 aromatic heterocycles. The summed E-state index contributed by atoms with van der Waals surface area (Å²) in [4.78, 5) is 47.4. The van der Waals surface area contributed by atoms with E-state index in [2.05, 4.69) is 109 Å². The fraction of sp³-hybridized carbons (Fsp3) is 0.341. The molecule has 0 spiro atoms. The maximum atomic E-state index is 15.1. The van der Waals surface area contributed by atoms with Crippen molar-refractivity contribution in [3.05, 3.63) is 213 Å². The first-order valence-corrected chi connectivity index (χ1v) is 41.8. The molecule has 4 amide bonds. The zero-order valence-corrected chi connectivity index (χ0v) is 74.8. The monoisotopic (exact) mass is 1870 g/mol. The summed E-state index contributed by atoms with van der Waals surface area (Å²) in [5.74, 6) is -10.3. The molecule has 4 aliphatic rings. The second-order valence-corrected chi connectivity index (χ2v) is 31.6. The minimum Gasteiger partial charge on any atom is -0.494 e. The lowest BCUT2D eigenvalue weighted by atomic mass is 9.81. The molecule has 0 saturated heterocycles. The maximum Gasteiger partial charge on any atom is 0.408 e. The average Bonchev–Trinajstić information content (AvgIpc) is 1.48. The number of hydrogen-bond donors (Lipinski definition) is 8. The van der Waals surface area contributed by atoms with Crippen molar-refractivity contribution in [2.24, 2.45) is 14.1 Å². The highest BCUT2D eigenvalue weighted by Gasteiger charge is 2.41. The molecule has 0 fully saturated rings. The highest BCUT2D eigenvalue weighted by atomic mass is 19.4. The lowest BCUT2D eigenvalue weighted by molar-refractivity contribution is -0.142. The second-order valence-electron chi connectivity index (χ2n) is 31.6. The summed E-state index contributed by atoms with van der Waals surface area (Å²) in [6, 6.07) is 4.76. The van der Waals surface area contributed by atoms with Crippen LogP contribution in [0.2, 0.25) is 0 Å². The van der Waals surface area contributed by atoms with Crippen LogP contribution in [-0.4, -0.2) is 167 Å². The first-order chi connectivity index (χ1) is 64.1. The lowest BCUT2D eigenvalue weighted by Crippen LogP contribution is -2.20. The number of fused-ring (bicyclic) bond motifs is 4. The number of anilines is 4. The molecule has 708 valence electrons. The number of aromatic nitrogens is 16. The van der Waals surface area contributed by atoms with Crippen LogP contribution in [0.25, 0.3) is 45.6 Å². The number of nitrogens with one attached hydrogen (secondary N) is 8. The Morgan fingerprint density at radius 1 is 0.388 bits per heavy atom. The second kappa shape index (κ2) is 40.8. The Bertz CT molecular complexity index is 6190. The van der Waals surface area contributed by atoms with Crippen molar-refractivity contribution in [3.8, 4) is 91.5 Å². The number of alkyl halides is 3. The Labute approximate surface area is 759 Å². The molecule has 43 heteroatoms. The first-order valence-electron chi connectivity index (χ1n) is 41.8. The van der Waals surface area contributed by atoms with Crippen LogP contribution >= 0.6 is 0 Å². The van der Waals surface area contributed by atoms with Crippen LogP contribution in [0.4, 0.5) is 71.0 Å². The van der Waals surface area contributed by atoms with Crippen molar-refractivity contribution in [2.75, 3.05) is 78.1 Å². The molecule has 134 heavy (non-hydrogen) atoms. The standard InChI is InChI=1S/C24H27F2N5O3.C23H22F5N5O3.2C22H23F2N5O3/c1-6-19(32)28-16-11-27-31(12(2)3)24(16)23-14-8-7-13(9-15(14)29-30-23)20-21(25)17(33-4)10-18(34-5)22(20)26;1-4-17(34)30-14-9-29-33(10-23(26,27)28)22(14)21-12-6-5-11(7-13(12)31-32-21)18-19(24)15(35-2)8-16(36-3)20(18)25;2*1-5-17(30)26-14-10-25-29(2)22(14)21-12-7-6-11(8-13(12)27-28-21)18-19(23)15(31-3)9-16(32-4)20(18)24/h6,10-13H,1,7-9H2,2-5H3,(H,28,32)(H,29,30);4,8-9,11H,1,5-7,10H2,2-3H3,(H,30,34)(H,31,32);2*5,9-11H,1,6-8H2,2-4H3,(H,26,30)(H,27,28). The fourth-order valence-corrected chi connectivity index (χ4v) is 17.3. The first kappa shape index (κ1) is 96.6. The SMILES string of the molecule is C=CC(=O)Nc1cnn(C(C)C)c1-c1n[nH]c2c1CCC(c1c(F)c(OC)cc(OC)c1F)C2.C=CC(=O)Nc1cnn(C)c1-c1n[nH]c2c1CCC(c1c(F)c(OC)cc(OC)c1F)C2.C=CC(=O)Nc1cnn(C)c1-c1n[nH]c2c1CCC(c1c(F)c(OC)cc(OC)c1F)C2.C=CC(=O)Nc1cnn(CC(F)(F)F)c1-c1n[nH]c2c1CCC(c1c(F)c(OC)cc(OC)c1F)C2. The summed E-state index contributed by atoms with van der Waals surface area (Å²) in [5, 5.41) is 56.7. The van der Waals surface area contributed by atoms with Crippen molar-refractivity contribution in [2.45, 2.75) is 133 Å². The van der Waals surface area contributed by atoms with Gasteiger partial charge < -0.3 is 59.2 Å². The van der Waals surface area contributed by atoms with E-state index < -0.39 is 88.8 Å². The number of amides is 4. The van der Waals surface area contributed by atoms with Gasteiger partial charge in [-0.2, -0.15) is 54.0 Å². The minimum absolute atomic E-state index is 0.0144. The molecular weight excluding hydrogens is 1770 g/mol. The van der Waals surface area contributed by atoms with Gasteiger partial charge in [0.1, 0.15) is 52.1 Å². The van der Waals surface area contributed by atoms with E-state index >= 15 is 17.6 Å². The van der Waals surface area contributed by atoms with E-state index in [1.165, 1.54) is 106 Å². The highest BCUT2D eigenvalue weighted by Crippen LogP contribution is 2.50. The highest BCUT2D eigenvalue weighted by molar-refractivity contribution is 6.03. The summed E-state index contributed by atoms with van der Waals surface area (Å²) in [6.07, 6.45) is 10.5. The Kier molecular flexibility index (Phi) is 29.4. The van der Waals surface area contributed by atoms with Gasteiger partial charge in [0.2, 0.25) is 23.6 Å². The van der Waals surface area contributed by atoms with Gasteiger partial charge in [0, 0.05) is 112 Å². The van der Waals surface area contributed by atoms with E-state index in [4.69, 9.17) is 37.9 Å². The number of hydrogen-bond acceptors (Lipinski definition) is 20. The van der Waals surface area contributed by atoms with Gasteiger partial charge in [-0.3, -0.25) is 58.3 Å². The number of methoxy groups -OCH3 is 8. The molecular formula is C91H95F11N20O12. The molecule has 4 atom stereocenters. The number of aromatic amines is 4. The van der Waals surface area contributed by atoms with Crippen molar-refractivity contribution in [1.29, 1.82) is 0 Å². The van der Waals surface area contributed by atoms with Gasteiger partial charge in [0.05, 0.1) is 104 Å². The molecule has 4 unspecified atom stereocenters. The minimum atomic E-state index is -4.58. The number of carbonyl (C=O) groups excluding carboxylic acids is 4. The van der Waals surface area contributed by atoms with Crippen molar-refractivity contribution in [3.63, 3.8) is 0 Å². The quantitative estimate of drug-likeness (QED) is 0.0184. The number of nitrogens with zero attached hydrogens (tertiary/aromatic N) is 12. The Morgan fingerprint density at radius 2 is 0.619 bits per heavy atom. The summed E-state index contributed by atoms with van der Waals surface area (Å²) >= 11 is 0. The van der Waals surface area contributed by atoms with Crippen LogP contribution in [0.5, 0.6) is 46.0 Å². The summed E-state index contributed by atoms with van der Waals surface area (Å²) in [5.41, 5.74) is 11.4. The van der Waals surface area contributed by atoms with Gasteiger partial charge in [0.25, 0.3) is 0 Å². The van der Waals surface area contributed by atoms with Gasteiger partial charge in [-0.1, -0.05) is 26.3 Å². The zero-order chi connectivity index (χ0) is 96.7. The van der Waals surface area contributed by atoms with Crippen LogP contribution < -0.4 is 59.2 Å². The van der Waals surface area contributed by atoms with Crippen LogP contribution in [0.1, 0.15) is 137 Å². The molecule has 0 saturated carbocycles. The van der Waals surface area contributed by atoms with E-state index in [0.717, 1.165) is 52.1 Å². The van der Waals surface area contributed by atoms with Crippen LogP contribution in [0.15, 0.2) is 99.7 Å². The number of halogens is 11. The Morgan fingerprint density at radius 3 is 0.866 bits per heavy atom. The Balaban J connectivity index is 0.000000152. The topological polar surface area (TPSA) is 376 Å². The predicted molar refractivity (Wildman–Crippen MR) is 470 cm³/mol. The van der Waals surface area contributed by atoms with Crippen LogP contribution in [0.3, 0.4) is 0 Å². The van der Waals surface area contributed by atoms with Crippen LogP contribution in [0, 0.1) is 46.5 Å². The van der Waals surface area contributed by atoms with E-state index in [1.54, 1.807) is 34.3 Å². The number of H-pyrrole nitrogens is 4. The van der Waals surface area contributed by atoms with Crippen molar-refractivity contribution >= 4 is 46.4 Å². The van der Waals surface area contributed by atoms with Gasteiger partial charge >= 0.3 is 6.18 Å². The number of carbonyl (C=O) groups is 4.